The first-order valence-electron chi connectivity index (χ1n) is 11.4. The normalized spacial score (nSPS) is 15.5. The summed E-state index contributed by atoms with van der Waals surface area (Å²) in [5.74, 6) is 0.681. The van der Waals surface area contributed by atoms with Gasteiger partial charge in [0.25, 0.3) is 5.91 Å². The van der Waals surface area contributed by atoms with Crippen molar-refractivity contribution in [2.24, 2.45) is 7.05 Å². The van der Waals surface area contributed by atoms with Crippen LogP contribution >= 0.6 is 0 Å². The van der Waals surface area contributed by atoms with Crippen LogP contribution in [0.25, 0.3) is 22.0 Å². The zero-order valence-corrected chi connectivity index (χ0v) is 18.6. The maximum absolute atomic E-state index is 12.8. The zero-order chi connectivity index (χ0) is 22.4. The van der Waals surface area contributed by atoms with Crippen molar-refractivity contribution in [3.05, 3.63) is 72.1 Å². The molecule has 1 amide bonds. The Bertz CT molecular complexity index is 1350. The van der Waals surface area contributed by atoms with Crippen molar-refractivity contribution in [1.82, 2.24) is 20.2 Å². The van der Waals surface area contributed by atoms with Crippen molar-refractivity contribution in [3.8, 4) is 11.1 Å². The third kappa shape index (κ3) is 3.41. The Morgan fingerprint density at radius 1 is 1.00 bits per heavy atom. The molecule has 7 nitrogen and oxygen atoms in total. The Morgan fingerprint density at radius 2 is 1.88 bits per heavy atom. The molecule has 2 aromatic heterocycles. The minimum Gasteiger partial charge on any atom is -0.368 e. The van der Waals surface area contributed by atoms with Gasteiger partial charge in [0.05, 0.1) is 23.1 Å². The van der Waals surface area contributed by atoms with Crippen LogP contribution in [-0.4, -0.2) is 41.6 Å². The van der Waals surface area contributed by atoms with Crippen LogP contribution in [0.2, 0.25) is 0 Å². The molecule has 2 aliphatic heterocycles. The molecule has 33 heavy (non-hydrogen) atoms. The van der Waals surface area contributed by atoms with Gasteiger partial charge in [-0.1, -0.05) is 18.2 Å². The molecular weight excluding hydrogens is 412 g/mol. The summed E-state index contributed by atoms with van der Waals surface area (Å²) >= 11 is 0. The molecule has 1 saturated heterocycles. The number of piperazine rings is 1. The fourth-order valence-corrected chi connectivity index (χ4v) is 4.95. The Kier molecular flexibility index (Phi) is 4.77. The van der Waals surface area contributed by atoms with E-state index in [2.05, 4.69) is 80.0 Å². The summed E-state index contributed by atoms with van der Waals surface area (Å²) in [5, 5.41) is 10.9. The number of aromatic nitrogens is 2. The summed E-state index contributed by atoms with van der Waals surface area (Å²) in [5.41, 5.74) is 7.04. The fourth-order valence-electron chi connectivity index (χ4n) is 4.95. The molecule has 7 heteroatoms. The molecule has 0 aliphatic carbocycles. The van der Waals surface area contributed by atoms with E-state index in [9.17, 15) is 4.79 Å². The SMILES string of the molecule is Cn1ccc2c(-c3ccc(Nc4ccc(N5CCNCC5)cn4)c4c3CNC4=O)cccc21. The standard InChI is InChI=1S/C26H26N6O/c1-31-12-9-20-18(3-2-4-23(20)31)19-6-7-22(25-21(19)16-29-26(25)33)30-24-8-5-17(15-28-24)32-13-10-27-11-14-32/h2-9,12,15,27H,10-11,13-14,16H2,1H3,(H,28,30)(H,29,33). The third-order valence-corrected chi connectivity index (χ3v) is 6.68. The first kappa shape index (κ1) is 19.8. The van der Waals surface area contributed by atoms with E-state index in [-0.39, 0.29) is 5.91 Å². The second-order valence-corrected chi connectivity index (χ2v) is 8.63. The first-order valence-corrected chi connectivity index (χ1v) is 11.4. The Balaban J connectivity index is 1.35. The third-order valence-electron chi connectivity index (χ3n) is 6.68. The Labute approximate surface area is 192 Å². The van der Waals surface area contributed by atoms with Crippen molar-refractivity contribution >= 4 is 34.0 Å². The largest absolute Gasteiger partial charge is 0.368 e. The second-order valence-electron chi connectivity index (χ2n) is 8.63. The summed E-state index contributed by atoms with van der Waals surface area (Å²) in [7, 11) is 2.05. The molecule has 0 atom stereocenters. The van der Waals surface area contributed by atoms with E-state index in [0.717, 1.165) is 60.1 Å². The van der Waals surface area contributed by atoms with Crippen LogP contribution in [0.3, 0.4) is 0 Å². The Morgan fingerprint density at radius 3 is 2.70 bits per heavy atom. The van der Waals surface area contributed by atoms with Crippen LogP contribution in [0.4, 0.5) is 17.2 Å². The van der Waals surface area contributed by atoms with Gasteiger partial charge in [-0.3, -0.25) is 4.79 Å². The number of nitrogens with one attached hydrogen (secondary N) is 3. The zero-order valence-electron chi connectivity index (χ0n) is 18.6. The molecule has 4 aromatic rings. The lowest BCUT2D eigenvalue weighted by Crippen LogP contribution is -2.43. The molecule has 0 radical (unpaired) electrons. The van der Waals surface area contributed by atoms with E-state index in [0.29, 0.717) is 12.1 Å². The van der Waals surface area contributed by atoms with Crippen molar-refractivity contribution in [1.29, 1.82) is 0 Å². The number of benzene rings is 2. The molecule has 6 rings (SSSR count). The van der Waals surface area contributed by atoms with Gasteiger partial charge in [-0.15, -0.1) is 0 Å². The van der Waals surface area contributed by atoms with Crippen molar-refractivity contribution < 1.29 is 4.79 Å². The summed E-state index contributed by atoms with van der Waals surface area (Å²) < 4.78 is 2.12. The van der Waals surface area contributed by atoms with Gasteiger partial charge < -0.3 is 25.4 Å². The number of amides is 1. The molecule has 166 valence electrons. The lowest BCUT2D eigenvalue weighted by atomic mass is 9.93. The van der Waals surface area contributed by atoms with E-state index in [1.165, 1.54) is 10.9 Å². The van der Waals surface area contributed by atoms with Crippen LogP contribution in [0.1, 0.15) is 15.9 Å². The number of hydrogen-bond acceptors (Lipinski definition) is 5. The minimum absolute atomic E-state index is 0.0491. The van der Waals surface area contributed by atoms with Gasteiger partial charge in [-0.2, -0.15) is 0 Å². The highest BCUT2D eigenvalue weighted by molar-refractivity contribution is 6.07. The Hall–Kier alpha value is -3.84. The van der Waals surface area contributed by atoms with Crippen molar-refractivity contribution in [3.63, 3.8) is 0 Å². The number of aryl methyl sites for hydroxylation is 1. The number of anilines is 3. The quantitative estimate of drug-likeness (QED) is 0.454. The molecule has 0 spiro atoms. The molecule has 2 aliphatic rings. The molecule has 0 saturated carbocycles. The number of hydrogen-bond donors (Lipinski definition) is 3. The molecule has 0 unspecified atom stereocenters. The van der Waals surface area contributed by atoms with Gasteiger partial charge >= 0.3 is 0 Å². The first-order chi connectivity index (χ1) is 16.2. The van der Waals surface area contributed by atoms with Gasteiger partial charge in [-0.05, 0) is 47.0 Å². The van der Waals surface area contributed by atoms with Crippen molar-refractivity contribution in [2.75, 3.05) is 36.4 Å². The van der Waals surface area contributed by atoms with E-state index in [4.69, 9.17) is 0 Å². The maximum Gasteiger partial charge on any atom is 0.254 e. The maximum atomic E-state index is 12.8. The van der Waals surface area contributed by atoms with E-state index < -0.39 is 0 Å². The molecule has 4 heterocycles. The van der Waals surface area contributed by atoms with Crippen LogP contribution < -0.4 is 20.9 Å². The highest BCUT2D eigenvalue weighted by Crippen LogP contribution is 2.38. The lowest BCUT2D eigenvalue weighted by Gasteiger charge is -2.29. The van der Waals surface area contributed by atoms with Gasteiger partial charge in [0.15, 0.2) is 0 Å². The second kappa shape index (κ2) is 7.94. The van der Waals surface area contributed by atoms with Gasteiger partial charge in [0, 0.05) is 56.9 Å². The minimum atomic E-state index is -0.0491. The van der Waals surface area contributed by atoms with Crippen LogP contribution in [0.15, 0.2) is 60.9 Å². The molecule has 1 fully saturated rings. The number of carbonyl (C=O) groups is 1. The predicted molar refractivity (Wildman–Crippen MR) is 132 cm³/mol. The highest BCUT2D eigenvalue weighted by atomic mass is 16.1. The summed E-state index contributed by atoms with van der Waals surface area (Å²) in [6, 6.07) is 16.6. The van der Waals surface area contributed by atoms with E-state index >= 15 is 0 Å². The lowest BCUT2D eigenvalue weighted by molar-refractivity contribution is 0.0966. The number of fused-ring (bicyclic) bond motifs is 2. The predicted octanol–water partition coefficient (Wildman–Crippen LogP) is 3.64. The van der Waals surface area contributed by atoms with E-state index in [1.807, 2.05) is 18.3 Å². The average Bonchev–Trinajstić information content (AvgIpc) is 3.44. The molecule has 3 N–H and O–H groups in total. The summed E-state index contributed by atoms with van der Waals surface area (Å²) in [6.45, 7) is 4.47. The molecule has 2 aromatic carbocycles. The molecule has 0 bridgehead atoms. The number of nitrogens with zero attached hydrogens (tertiary/aromatic N) is 3. The summed E-state index contributed by atoms with van der Waals surface area (Å²) in [6.07, 6.45) is 3.97. The number of rotatable bonds is 4. The topological polar surface area (TPSA) is 74.2 Å². The van der Waals surface area contributed by atoms with Crippen LogP contribution in [-0.2, 0) is 13.6 Å². The smallest absolute Gasteiger partial charge is 0.254 e. The average molecular weight is 439 g/mol. The van der Waals surface area contributed by atoms with E-state index in [1.54, 1.807) is 0 Å². The molecular formula is C26H26N6O. The summed E-state index contributed by atoms with van der Waals surface area (Å²) in [4.78, 5) is 19.7. The van der Waals surface area contributed by atoms with Crippen LogP contribution in [0, 0.1) is 0 Å². The van der Waals surface area contributed by atoms with Gasteiger partial charge in [0.2, 0.25) is 0 Å². The highest BCUT2D eigenvalue weighted by Gasteiger charge is 2.27. The van der Waals surface area contributed by atoms with Gasteiger partial charge in [0.1, 0.15) is 5.82 Å². The van der Waals surface area contributed by atoms with Crippen LogP contribution in [0.5, 0.6) is 0 Å². The number of pyridine rings is 1. The fraction of sp³-hybridized carbons (Fsp3) is 0.231. The van der Waals surface area contributed by atoms with Gasteiger partial charge in [-0.25, -0.2) is 4.98 Å². The van der Waals surface area contributed by atoms with Crippen molar-refractivity contribution in [2.45, 2.75) is 6.54 Å². The number of carbonyl (C=O) groups excluding carboxylic acids is 1. The monoisotopic (exact) mass is 438 g/mol.